The van der Waals surface area contributed by atoms with Gasteiger partial charge in [0.25, 0.3) is 0 Å². The second-order valence-corrected chi connectivity index (χ2v) is 6.62. The molecule has 134 valence electrons. The Morgan fingerprint density at radius 1 is 1.19 bits per heavy atom. The van der Waals surface area contributed by atoms with E-state index in [-0.39, 0.29) is 11.3 Å². The number of rotatable bonds is 4. The summed E-state index contributed by atoms with van der Waals surface area (Å²) in [6.45, 7) is 0.290. The van der Waals surface area contributed by atoms with Crippen molar-refractivity contribution in [3.05, 3.63) is 76.0 Å². The van der Waals surface area contributed by atoms with E-state index in [1.165, 1.54) is 25.3 Å². The molecule has 0 bridgehead atoms. The van der Waals surface area contributed by atoms with E-state index in [2.05, 4.69) is 15.9 Å². The molecule has 0 atom stereocenters. The quantitative estimate of drug-likeness (QED) is 0.495. The molecule has 4 nitrogen and oxygen atoms in total. The van der Waals surface area contributed by atoms with Gasteiger partial charge in [-0.2, -0.15) is 0 Å². The molecular weight excluding hydrogens is 406 g/mol. The number of esters is 1. The van der Waals surface area contributed by atoms with Crippen molar-refractivity contribution in [3.8, 4) is 11.1 Å². The van der Waals surface area contributed by atoms with Crippen molar-refractivity contribution in [2.24, 2.45) is 0 Å². The van der Waals surface area contributed by atoms with Crippen molar-refractivity contribution in [1.29, 1.82) is 0 Å². The van der Waals surface area contributed by atoms with E-state index in [1.807, 2.05) is 12.1 Å². The molecule has 0 aliphatic carbocycles. The van der Waals surface area contributed by atoms with Gasteiger partial charge in [-0.1, -0.05) is 15.9 Å². The minimum atomic E-state index is -0.708. The van der Waals surface area contributed by atoms with Crippen LogP contribution in [0.5, 0.6) is 0 Å². The van der Waals surface area contributed by atoms with Crippen molar-refractivity contribution >= 4 is 27.6 Å². The van der Waals surface area contributed by atoms with Gasteiger partial charge in [0.15, 0.2) is 0 Å². The fraction of sp³-hybridized carbons (Fsp3) is 0.105. The van der Waals surface area contributed by atoms with E-state index in [0.717, 1.165) is 16.1 Å². The van der Waals surface area contributed by atoms with E-state index in [4.69, 9.17) is 10.5 Å². The third kappa shape index (κ3) is 3.62. The molecule has 7 heteroatoms. The highest BCUT2D eigenvalue weighted by atomic mass is 79.9. The van der Waals surface area contributed by atoms with Gasteiger partial charge >= 0.3 is 5.97 Å². The monoisotopic (exact) mass is 420 g/mol. The molecular formula is C19H15BrF2N2O2. The summed E-state index contributed by atoms with van der Waals surface area (Å²) in [4.78, 5) is 12.1. The number of nitrogens with zero attached hydrogens (tertiary/aromatic N) is 1. The number of aromatic nitrogens is 1. The second-order valence-electron chi connectivity index (χ2n) is 5.70. The molecule has 3 rings (SSSR count). The fourth-order valence-electron chi connectivity index (χ4n) is 2.68. The Labute approximate surface area is 157 Å². The van der Waals surface area contributed by atoms with Crippen LogP contribution in [0.15, 0.2) is 53.1 Å². The molecule has 0 spiro atoms. The minimum Gasteiger partial charge on any atom is -0.464 e. The predicted molar refractivity (Wildman–Crippen MR) is 98.8 cm³/mol. The van der Waals surface area contributed by atoms with Crippen LogP contribution in [0.1, 0.15) is 16.1 Å². The maximum absolute atomic E-state index is 14.1. The number of carbonyl (C=O) groups excluding carboxylic acids is 1. The minimum absolute atomic E-state index is 0.192. The lowest BCUT2D eigenvalue weighted by Crippen LogP contribution is -2.11. The summed E-state index contributed by atoms with van der Waals surface area (Å²) in [5, 5.41) is 0. The molecule has 0 aliphatic heterocycles. The molecule has 0 fully saturated rings. The third-order valence-corrected chi connectivity index (χ3v) is 4.47. The van der Waals surface area contributed by atoms with Gasteiger partial charge in [-0.05, 0) is 42.0 Å². The average molecular weight is 421 g/mol. The predicted octanol–water partition coefficient (Wildman–Crippen LogP) is 4.61. The fourth-order valence-corrected chi connectivity index (χ4v) is 3.09. The van der Waals surface area contributed by atoms with Gasteiger partial charge in [0.1, 0.15) is 17.3 Å². The molecule has 0 saturated heterocycles. The summed E-state index contributed by atoms with van der Waals surface area (Å²) >= 11 is 3.39. The van der Waals surface area contributed by atoms with Crippen LogP contribution < -0.4 is 5.73 Å². The van der Waals surface area contributed by atoms with Gasteiger partial charge < -0.3 is 15.0 Å². The third-order valence-electron chi connectivity index (χ3n) is 3.98. The zero-order chi connectivity index (χ0) is 18.8. The van der Waals surface area contributed by atoms with Crippen LogP contribution in [-0.2, 0) is 11.3 Å². The molecule has 3 aromatic rings. The van der Waals surface area contributed by atoms with Crippen LogP contribution in [0.25, 0.3) is 11.1 Å². The Morgan fingerprint density at radius 2 is 1.96 bits per heavy atom. The first kappa shape index (κ1) is 18.1. The molecule has 0 amide bonds. The first-order chi connectivity index (χ1) is 12.4. The molecule has 0 unspecified atom stereocenters. The van der Waals surface area contributed by atoms with Crippen LogP contribution in [-0.4, -0.2) is 17.6 Å². The molecule has 1 aromatic heterocycles. The van der Waals surface area contributed by atoms with E-state index >= 15 is 0 Å². The lowest BCUT2D eigenvalue weighted by Gasteiger charge is -2.10. The summed E-state index contributed by atoms with van der Waals surface area (Å²) in [6, 6.07) is 10.2. The summed E-state index contributed by atoms with van der Waals surface area (Å²) in [7, 11) is 1.27. The number of methoxy groups -OCH3 is 1. The van der Waals surface area contributed by atoms with Crippen molar-refractivity contribution in [1.82, 2.24) is 4.57 Å². The second kappa shape index (κ2) is 7.29. The number of anilines is 1. The zero-order valence-corrected chi connectivity index (χ0v) is 15.4. The van der Waals surface area contributed by atoms with Gasteiger partial charge in [0.05, 0.1) is 7.11 Å². The number of ether oxygens (including phenoxy) is 1. The van der Waals surface area contributed by atoms with Crippen molar-refractivity contribution in [2.75, 3.05) is 12.8 Å². The van der Waals surface area contributed by atoms with Gasteiger partial charge in [0, 0.05) is 40.1 Å². The van der Waals surface area contributed by atoms with Gasteiger partial charge in [-0.25, -0.2) is 13.6 Å². The van der Waals surface area contributed by atoms with Crippen LogP contribution in [0.2, 0.25) is 0 Å². The SMILES string of the molecule is COC(=O)c1cc(-c2ccc(F)cc2F)cn1Cc1cc(Br)ccc1N. The number of hydrogen-bond acceptors (Lipinski definition) is 3. The Hall–Kier alpha value is -2.67. The van der Waals surface area contributed by atoms with E-state index < -0.39 is 17.6 Å². The lowest BCUT2D eigenvalue weighted by molar-refractivity contribution is 0.0589. The van der Waals surface area contributed by atoms with Crippen LogP contribution in [0, 0.1) is 11.6 Å². The van der Waals surface area contributed by atoms with Crippen molar-refractivity contribution in [2.45, 2.75) is 6.54 Å². The Kier molecular flexibility index (Phi) is 5.08. The highest BCUT2D eigenvalue weighted by Crippen LogP contribution is 2.28. The smallest absolute Gasteiger partial charge is 0.354 e. The summed E-state index contributed by atoms with van der Waals surface area (Å²) in [6.07, 6.45) is 1.61. The number of nitrogen functional groups attached to an aromatic ring is 1. The van der Waals surface area contributed by atoms with Crippen LogP contribution in [0.3, 0.4) is 0 Å². The molecule has 0 aliphatic rings. The number of nitrogens with two attached hydrogens (primary N) is 1. The highest BCUT2D eigenvalue weighted by molar-refractivity contribution is 9.10. The molecule has 1 heterocycles. The van der Waals surface area contributed by atoms with Gasteiger partial charge in [0.2, 0.25) is 0 Å². The molecule has 26 heavy (non-hydrogen) atoms. The maximum Gasteiger partial charge on any atom is 0.354 e. The lowest BCUT2D eigenvalue weighted by atomic mass is 10.1. The van der Waals surface area contributed by atoms with E-state index in [1.54, 1.807) is 16.8 Å². The maximum atomic E-state index is 14.1. The van der Waals surface area contributed by atoms with Gasteiger partial charge in [-0.15, -0.1) is 0 Å². The standard InChI is InChI=1S/C19H15BrF2N2O2/c1-26-19(25)18-7-11(15-4-3-14(21)8-16(15)22)9-24(18)10-12-6-13(20)2-5-17(12)23/h2-9H,10,23H2,1H3. The highest BCUT2D eigenvalue weighted by Gasteiger charge is 2.18. The topological polar surface area (TPSA) is 57.2 Å². The first-order valence-corrected chi connectivity index (χ1v) is 8.46. The summed E-state index contributed by atoms with van der Waals surface area (Å²) in [5.74, 6) is -1.94. The Balaban J connectivity index is 2.07. The number of benzene rings is 2. The summed E-state index contributed by atoms with van der Waals surface area (Å²) in [5.41, 5.74) is 8.22. The largest absolute Gasteiger partial charge is 0.464 e. The Bertz CT molecular complexity index is 986. The van der Waals surface area contributed by atoms with Gasteiger partial charge in [-0.3, -0.25) is 0 Å². The van der Waals surface area contributed by atoms with Crippen LogP contribution >= 0.6 is 15.9 Å². The summed E-state index contributed by atoms with van der Waals surface area (Å²) < 4.78 is 34.6. The molecule has 0 radical (unpaired) electrons. The van der Waals surface area contributed by atoms with E-state index in [0.29, 0.717) is 17.8 Å². The Morgan fingerprint density at radius 3 is 2.65 bits per heavy atom. The van der Waals surface area contributed by atoms with Crippen molar-refractivity contribution in [3.63, 3.8) is 0 Å². The normalized spacial score (nSPS) is 10.8. The molecule has 2 aromatic carbocycles. The molecule has 2 N–H and O–H groups in total. The zero-order valence-electron chi connectivity index (χ0n) is 13.8. The van der Waals surface area contributed by atoms with Crippen molar-refractivity contribution < 1.29 is 18.3 Å². The number of carbonyl (C=O) groups is 1. The number of hydrogen-bond donors (Lipinski definition) is 1. The first-order valence-electron chi connectivity index (χ1n) is 7.67. The number of halogens is 3. The average Bonchev–Trinajstić information content (AvgIpc) is 3.01. The van der Waals surface area contributed by atoms with Crippen LogP contribution in [0.4, 0.5) is 14.5 Å². The van der Waals surface area contributed by atoms with E-state index in [9.17, 15) is 13.6 Å². The molecule has 0 saturated carbocycles.